The fraction of sp³-hybridized carbons (Fsp3) is 0.727. The lowest BCUT2D eigenvalue weighted by Gasteiger charge is -2.04. The molecule has 6 heteroatoms. The van der Waals surface area contributed by atoms with E-state index in [9.17, 15) is 4.79 Å². The second-order valence-corrected chi connectivity index (χ2v) is 4.31. The quantitative estimate of drug-likeness (QED) is 0.708. The molecule has 0 spiro atoms. The topological polar surface area (TPSA) is 80.0 Å². The Morgan fingerprint density at radius 1 is 1.47 bits per heavy atom. The minimum atomic E-state index is 0.0679. The van der Waals surface area contributed by atoms with Gasteiger partial charge in [0.15, 0.2) is 5.82 Å². The van der Waals surface area contributed by atoms with E-state index >= 15 is 0 Å². The molecule has 94 valence electrons. The van der Waals surface area contributed by atoms with Gasteiger partial charge in [0.1, 0.15) is 0 Å². The van der Waals surface area contributed by atoms with Gasteiger partial charge in [0.2, 0.25) is 11.8 Å². The van der Waals surface area contributed by atoms with Gasteiger partial charge < -0.3 is 15.2 Å². The highest BCUT2D eigenvalue weighted by molar-refractivity contribution is 5.76. The maximum absolute atomic E-state index is 11.4. The molecule has 0 saturated heterocycles. The zero-order valence-electron chi connectivity index (χ0n) is 10.0. The van der Waals surface area contributed by atoms with Crippen LogP contribution in [0.1, 0.15) is 31.0 Å². The van der Waals surface area contributed by atoms with E-state index in [1.807, 2.05) is 0 Å². The molecule has 0 aliphatic heterocycles. The van der Waals surface area contributed by atoms with Crippen LogP contribution in [0.25, 0.3) is 0 Å². The Kier molecular flexibility index (Phi) is 4.08. The second-order valence-electron chi connectivity index (χ2n) is 4.31. The molecule has 1 aromatic rings. The van der Waals surface area contributed by atoms with Gasteiger partial charge in [0.05, 0.1) is 0 Å². The van der Waals surface area contributed by atoms with E-state index in [0.29, 0.717) is 37.1 Å². The zero-order valence-corrected chi connectivity index (χ0v) is 10.0. The summed E-state index contributed by atoms with van der Waals surface area (Å²) in [6.07, 6.45) is 3.64. The minimum Gasteiger partial charge on any atom is -0.356 e. The molecule has 0 aromatic carbocycles. The minimum absolute atomic E-state index is 0.0679. The number of amides is 1. The van der Waals surface area contributed by atoms with Crippen LogP contribution in [0.3, 0.4) is 0 Å². The Morgan fingerprint density at radius 2 is 2.29 bits per heavy atom. The summed E-state index contributed by atoms with van der Waals surface area (Å²) in [5, 5.41) is 9.89. The van der Waals surface area contributed by atoms with Gasteiger partial charge in [-0.2, -0.15) is 4.98 Å². The first-order chi connectivity index (χ1) is 8.24. The first-order valence-electron chi connectivity index (χ1n) is 6.03. The van der Waals surface area contributed by atoms with Crippen molar-refractivity contribution < 1.29 is 9.32 Å². The second kappa shape index (κ2) is 5.77. The number of carbonyl (C=O) groups excluding carboxylic acids is 1. The van der Waals surface area contributed by atoms with Crippen LogP contribution in [0.5, 0.6) is 0 Å². The van der Waals surface area contributed by atoms with Crippen LogP contribution < -0.4 is 10.6 Å². The van der Waals surface area contributed by atoms with Gasteiger partial charge >= 0.3 is 0 Å². The molecule has 17 heavy (non-hydrogen) atoms. The maximum Gasteiger partial charge on any atom is 0.223 e. The molecule has 1 aliphatic rings. The van der Waals surface area contributed by atoms with Gasteiger partial charge in [-0.1, -0.05) is 5.16 Å². The number of rotatable bonds is 7. The van der Waals surface area contributed by atoms with Crippen molar-refractivity contribution >= 4 is 5.91 Å². The van der Waals surface area contributed by atoms with E-state index in [1.165, 1.54) is 12.8 Å². The van der Waals surface area contributed by atoms with Crippen LogP contribution in [0.15, 0.2) is 4.52 Å². The van der Waals surface area contributed by atoms with Gasteiger partial charge in [-0.25, -0.2) is 0 Å². The molecule has 2 rings (SSSR count). The van der Waals surface area contributed by atoms with E-state index in [4.69, 9.17) is 4.52 Å². The predicted molar refractivity (Wildman–Crippen MR) is 61.4 cm³/mol. The molecule has 0 unspecified atom stereocenters. The van der Waals surface area contributed by atoms with Crippen molar-refractivity contribution in [1.82, 2.24) is 20.8 Å². The number of hydrogen-bond donors (Lipinski definition) is 2. The normalized spacial score (nSPS) is 14.9. The number of nitrogens with one attached hydrogen (secondary N) is 2. The molecule has 6 nitrogen and oxygen atoms in total. The van der Waals surface area contributed by atoms with Gasteiger partial charge in [-0.05, 0) is 12.8 Å². The van der Waals surface area contributed by atoms with Crippen LogP contribution in [0.2, 0.25) is 0 Å². The van der Waals surface area contributed by atoms with E-state index in [2.05, 4.69) is 20.8 Å². The summed E-state index contributed by atoms with van der Waals surface area (Å²) in [5.41, 5.74) is 0. The van der Waals surface area contributed by atoms with Gasteiger partial charge in [-0.3, -0.25) is 4.79 Å². The average molecular weight is 238 g/mol. The molecule has 1 aromatic heterocycles. The third-order valence-corrected chi connectivity index (χ3v) is 2.60. The number of aryl methyl sites for hydroxylation is 1. The number of aromatic nitrogens is 2. The number of hydrogen-bond acceptors (Lipinski definition) is 5. The summed E-state index contributed by atoms with van der Waals surface area (Å²) in [6.45, 7) is 3.07. The fourth-order valence-corrected chi connectivity index (χ4v) is 1.52. The Morgan fingerprint density at radius 3 is 2.94 bits per heavy atom. The lowest BCUT2D eigenvalue weighted by molar-refractivity contribution is -0.120. The summed E-state index contributed by atoms with van der Waals surface area (Å²) >= 11 is 0. The van der Waals surface area contributed by atoms with E-state index in [-0.39, 0.29) is 5.91 Å². The lowest BCUT2D eigenvalue weighted by Crippen LogP contribution is -2.30. The van der Waals surface area contributed by atoms with Gasteiger partial charge in [-0.15, -0.1) is 0 Å². The first-order valence-corrected chi connectivity index (χ1v) is 6.03. The van der Waals surface area contributed by atoms with Crippen molar-refractivity contribution in [3.05, 3.63) is 11.7 Å². The highest BCUT2D eigenvalue weighted by Gasteiger charge is 2.19. The summed E-state index contributed by atoms with van der Waals surface area (Å²) in [4.78, 5) is 15.5. The third kappa shape index (κ3) is 4.52. The van der Waals surface area contributed by atoms with Crippen molar-refractivity contribution in [2.45, 2.75) is 38.6 Å². The Hall–Kier alpha value is -1.43. The SMILES string of the molecule is Cc1nc(CCNC(=O)CCNC2CC2)no1. The first kappa shape index (κ1) is 12.0. The number of nitrogens with zero attached hydrogens (tertiary/aromatic N) is 2. The molecule has 0 atom stereocenters. The smallest absolute Gasteiger partial charge is 0.223 e. The van der Waals surface area contributed by atoms with Crippen LogP contribution in [0, 0.1) is 6.92 Å². The molecule has 2 N–H and O–H groups in total. The summed E-state index contributed by atoms with van der Waals surface area (Å²) in [7, 11) is 0. The standard InChI is InChI=1S/C11H18N4O2/c1-8-14-10(15-17-8)4-6-13-11(16)5-7-12-9-2-3-9/h9,12H,2-7H2,1H3,(H,13,16). The van der Waals surface area contributed by atoms with Crippen molar-refractivity contribution in [3.63, 3.8) is 0 Å². The molecule has 1 saturated carbocycles. The molecule has 1 fully saturated rings. The highest BCUT2D eigenvalue weighted by Crippen LogP contribution is 2.18. The zero-order chi connectivity index (χ0) is 12.1. The Bertz CT molecular complexity index is 373. The van der Waals surface area contributed by atoms with Crippen molar-refractivity contribution in [3.8, 4) is 0 Å². The van der Waals surface area contributed by atoms with Crippen molar-refractivity contribution in [1.29, 1.82) is 0 Å². The molecule has 1 heterocycles. The van der Waals surface area contributed by atoms with Gasteiger partial charge in [0, 0.05) is 38.9 Å². The third-order valence-electron chi connectivity index (χ3n) is 2.60. The molecule has 1 aliphatic carbocycles. The summed E-state index contributed by atoms with van der Waals surface area (Å²) in [6, 6.07) is 0.658. The lowest BCUT2D eigenvalue weighted by atomic mass is 10.3. The predicted octanol–water partition coefficient (Wildman–Crippen LogP) is 0.179. The number of carbonyl (C=O) groups is 1. The van der Waals surface area contributed by atoms with E-state index < -0.39 is 0 Å². The molecule has 0 radical (unpaired) electrons. The Balaban J connectivity index is 1.53. The van der Waals surface area contributed by atoms with Crippen molar-refractivity contribution in [2.75, 3.05) is 13.1 Å². The monoisotopic (exact) mass is 238 g/mol. The van der Waals surface area contributed by atoms with Crippen LogP contribution in [0.4, 0.5) is 0 Å². The van der Waals surface area contributed by atoms with Crippen LogP contribution >= 0.6 is 0 Å². The van der Waals surface area contributed by atoms with Crippen LogP contribution in [-0.2, 0) is 11.2 Å². The largest absolute Gasteiger partial charge is 0.356 e. The molecular weight excluding hydrogens is 220 g/mol. The van der Waals surface area contributed by atoms with Crippen molar-refractivity contribution in [2.24, 2.45) is 0 Å². The molecule has 1 amide bonds. The molecular formula is C11H18N4O2. The Labute approximate surface area is 100 Å². The van der Waals surface area contributed by atoms with E-state index in [0.717, 1.165) is 6.54 Å². The fourth-order valence-electron chi connectivity index (χ4n) is 1.52. The molecule has 0 bridgehead atoms. The van der Waals surface area contributed by atoms with Gasteiger partial charge in [0.25, 0.3) is 0 Å². The van der Waals surface area contributed by atoms with Crippen LogP contribution in [-0.4, -0.2) is 35.2 Å². The summed E-state index contributed by atoms with van der Waals surface area (Å²) in [5.74, 6) is 1.26. The maximum atomic E-state index is 11.4. The summed E-state index contributed by atoms with van der Waals surface area (Å²) < 4.78 is 4.84. The highest BCUT2D eigenvalue weighted by atomic mass is 16.5. The van der Waals surface area contributed by atoms with E-state index in [1.54, 1.807) is 6.92 Å². The average Bonchev–Trinajstić information content (AvgIpc) is 3.02.